The first kappa shape index (κ1) is 18.0. The molecule has 0 unspecified atom stereocenters. The maximum absolute atomic E-state index is 11.3. The van der Waals surface area contributed by atoms with Crippen molar-refractivity contribution in [2.24, 2.45) is 0 Å². The number of aldehydes is 1. The highest BCUT2D eigenvalue weighted by Crippen LogP contribution is 2.26. The van der Waals surface area contributed by atoms with Crippen LogP contribution in [0.2, 0.25) is 0 Å². The van der Waals surface area contributed by atoms with E-state index in [0.29, 0.717) is 11.7 Å². The largest absolute Gasteiger partial charge is 0.494 e. The summed E-state index contributed by atoms with van der Waals surface area (Å²) in [5.74, 6) is 1.64. The lowest BCUT2D eigenvalue weighted by atomic mass is 10.2. The highest BCUT2D eigenvalue weighted by atomic mass is 16.5. The molecule has 0 bridgehead atoms. The lowest BCUT2D eigenvalue weighted by Crippen LogP contribution is -2.39. The van der Waals surface area contributed by atoms with Gasteiger partial charge in [-0.15, -0.1) is 5.10 Å². The maximum Gasteiger partial charge on any atom is 0.174 e. The van der Waals surface area contributed by atoms with Gasteiger partial charge in [0.05, 0.1) is 12.3 Å². The molecule has 1 atom stereocenters. The second-order valence-electron chi connectivity index (χ2n) is 7.39. The van der Waals surface area contributed by atoms with E-state index in [1.165, 1.54) is 19.4 Å². The Morgan fingerprint density at radius 3 is 2.63 bits per heavy atom. The Hall–Kier alpha value is -2.41. The van der Waals surface area contributed by atoms with Gasteiger partial charge in [0, 0.05) is 25.7 Å². The summed E-state index contributed by atoms with van der Waals surface area (Å²) in [5.41, 5.74) is 1.28. The minimum Gasteiger partial charge on any atom is -0.494 e. The van der Waals surface area contributed by atoms with Crippen molar-refractivity contribution in [3.63, 3.8) is 0 Å². The molecule has 0 aliphatic carbocycles. The van der Waals surface area contributed by atoms with Gasteiger partial charge in [-0.05, 0) is 63.4 Å². The number of carbonyl (C=O) groups excluding carboxylic acids is 1. The third kappa shape index (κ3) is 3.83. The molecule has 0 N–H and O–H groups in total. The van der Waals surface area contributed by atoms with E-state index >= 15 is 0 Å². The highest BCUT2D eigenvalue weighted by molar-refractivity contribution is 5.81. The Labute approximate surface area is 159 Å². The summed E-state index contributed by atoms with van der Waals surface area (Å²) >= 11 is 0. The summed E-state index contributed by atoms with van der Waals surface area (Å²) in [6, 6.07) is 8.55. The Bertz CT molecular complexity index is 769. The number of carbonyl (C=O) groups is 1. The number of anilines is 1. The first-order valence-electron chi connectivity index (χ1n) is 9.89. The molecule has 1 aromatic carbocycles. The molecule has 7 nitrogen and oxygen atoms in total. The number of aromatic nitrogens is 3. The van der Waals surface area contributed by atoms with Crippen molar-refractivity contribution in [2.45, 2.75) is 38.6 Å². The zero-order valence-electron chi connectivity index (χ0n) is 15.9. The van der Waals surface area contributed by atoms with E-state index in [1.807, 2.05) is 24.3 Å². The molecule has 27 heavy (non-hydrogen) atoms. The van der Waals surface area contributed by atoms with Crippen molar-refractivity contribution in [1.82, 2.24) is 19.9 Å². The van der Waals surface area contributed by atoms with E-state index in [2.05, 4.69) is 27.0 Å². The molecular weight excluding hydrogens is 342 g/mol. The molecule has 0 radical (unpaired) electrons. The zero-order chi connectivity index (χ0) is 18.6. The summed E-state index contributed by atoms with van der Waals surface area (Å²) in [5, 5.41) is 8.17. The third-order valence-corrected chi connectivity index (χ3v) is 5.57. The molecule has 2 aliphatic heterocycles. The molecule has 2 aromatic rings. The Kier molecular flexibility index (Phi) is 5.38. The normalized spacial score (nSPS) is 19.9. The molecular formula is C20H27N5O2. The quantitative estimate of drug-likeness (QED) is 0.526. The SMILES string of the molecule is C[C@@H]1CCCN1CCCOc1ccc(-n2nnc(C=O)c2N2CCC2)cc1. The Morgan fingerprint density at radius 1 is 1.19 bits per heavy atom. The fourth-order valence-electron chi connectivity index (χ4n) is 3.83. The van der Waals surface area contributed by atoms with Crippen molar-refractivity contribution < 1.29 is 9.53 Å². The Morgan fingerprint density at radius 2 is 2.00 bits per heavy atom. The summed E-state index contributed by atoms with van der Waals surface area (Å²) < 4.78 is 7.63. The van der Waals surface area contributed by atoms with Crippen molar-refractivity contribution in [1.29, 1.82) is 0 Å². The minimum absolute atomic E-state index is 0.395. The van der Waals surface area contributed by atoms with Crippen LogP contribution in [0, 0.1) is 0 Å². The van der Waals surface area contributed by atoms with Crippen molar-refractivity contribution in [3.8, 4) is 11.4 Å². The van der Waals surface area contributed by atoms with Gasteiger partial charge in [0.1, 0.15) is 5.75 Å². The fraction of sp³-hybridized carbons (Fsp3) is 0.550. The van der Waals surface area contributed by atoms with Gasteiger partial charge in [-0.2, -0.15) is 4.68 Å². The van der Waals surface area contributed by atoms with Gasteiger partial charge in [-0.3, -0.25) is 4.79 Å². The van der Waals surface area contributed by atoms with Crippen LogP contribution >= 0.6 is 0 Å². The second-order valence-corrected chi connectivity index (χ2v) is 7.39. The molecule has 2 fully saturated rings. The van der Waals surface area contributed by atoms with Crippen LogP contribution in [0.5, 0.6) is 5.75 Å². The lowest BCUT2D eigenvalue weighted by molar-refractivity contribution is 0.111. The second kappa shape index (κ2) is 8.08. The molecule has 2 saturated heterocycles. The number of benzene rings is 1. The maximum atomic E-state index is 11.3. The lowest BCUT2D eigenvalue weighted by Gasteiger charge is -2.32. The number of hydrogen-bond acceptors (Lipinski definition) is 6. The third-order valence-electron chi connectivity index (χ3n) is 5.57. The first-order valence-corrected chi connectivity index (χ1v) is 9.89. The summed E-state index contributed by atoms with van der Waals surface area (Å²) in [7, 11) is 0. The highest BCUT2D eigenvalue weighted by Gasteiger charge is 2.24. The standard InChI is InChI=1S/C20H27N5O2/c1-16-5-2-10-23(16)13-4-14-27-18-8-6-17(7-9-18)25-20(24-11-3-12-24)19(15-26)21-22-25/h6-9,15-16H,2-5,10-14H2,1H3/t16-/m1/s1. The van der Waals surface area contributed by atoms with E-state index in [4.69, 9.17) is 4.74 Å². The predicted molar refractivity (Wildman–Crippen MR) is 104 cm³/mol. The van der Waals surface area contributed by atoms with Crippen molar-refractivity contribution in [2.75, 3.05) is 37.7 Å². The fourth-order valence-corrected chi connectivity index (χ4v) is 3.83. The summed E-state index contributed by atoms with van der Waals surface area (Å²) in [6.45, 7) is 7.22. The molecule has 2 aliphatic rings. The summed E-state index contributed by atoms with van der Waals surface area (Å²) in [6.07, 6.45) is 5.58. The predicted octanol–water partition coefficient (Wildman–Crippen LogP) is 2.54. The molecule has 0 saturated carbocycles. The zero-order valence-corrected chi connectivity index (χ0v) is 15.9. The van der Waals surface area contributed by atoms with E-state index in [-0.39, 0.29) is 0 Å². The molecule has 0 amide bonds. The number of likely N-dealkylation sites (tertiary alicyclic amines) is 1. The van der Waals surface area contributed by atoms with Crippen molar-refractivity contribution >= 4 is 12.1 Å². The number of rotatable bonds is 8. The van der Waals surface area contributed by atoms with Gasteiger partial charge in [0.25, 0.3) is 0 Å². The van der Waals surface area contributed by atoms with Crippen LogP contribution in [-0.2, 0) is 0 Å². The van der Waals surface area contributed by atoms with Crippen LogP contribution in [0.4, 0.5) is 5.82 Å². The van der Waals surface area contributed by atoms with Gasteiger partial charge >= 0.3 is 0 Å². The number of ether oxygens (including phenoxy) is 1. The average Bonchev–Trinajstić information content (AvgIpc) is 3.24. The number of nitrogens with zero attached hydrogens (tertiary/aromatic N) is 5. The smallest absolute Gasteiger partial charge is 0.174 e. The molecule has 7 heteroatoms. The summed E-state index contributed by atoms with van der Waals surface area (Å²) in [4.78, 5) is 15.9. The van der Waals surface area contributed by atoms with Gasteiger partial charge in [-0.25, -0.2) is 0 Å². The average molecular weight is 369 g/mol. The van der Waals surface area contributed by atoms with Crippen LogP contribution in [0.1, 0.15) is 43.1 Å². The van der Waals surface area contributed by atoms with Gasteiger partial charge in [0.2, 0.25) is 0 Å². The molecule has 3 heterocycles. The van der Waals surface area contributed by atoms with Gasteiger partial charge in [0.15, 0.2) is 17.8 Å². The van der Waals surface area contributed by atoms with Crippen LogP contribution in [0.15, 0.2) is 24.3 Å². The van der Waals surface area contributed by atoms with Crippen LogP contribution in [0.3, 0.4) is 0 Å². The van der Waals surface area contributed by atoms with E-state index in [9.17, 15) is 4.79 Å². The Balaban J connectivity index is 1.35. The van der Waals surface area contributed by atoms with Crippen LogP contribution in [0.25, 0.3) is 5.69 Å². The first-order chi connectivity index (χ1) is 13.3. The van der Waals surface area contributed by atoms with Crippen LogP contribution in [-0.4, -0.2) is 65.0 Å². The van der Waals surface area contributed by atoms with E-state index in [0.717, 1.165) is 62.6 Å². The molecule has 0 spiro atoms. The van der Waals surface area contributed by atoms with E-state index < -0.39 is 0 Å². The molecule has 144 valence electrons. The topological polar surface area (TPSA) is 63.5 Å². The van der Waals surface area contributed by atoms with Gasteiger partial charge in [-0.1, -0.05) is 5.21 Å². The molecule has 1 aromatic heterocycles. The van der Waals surface area contributed by atoms with E-state index in [1.54, 1.807) is 4.68 Å². The minimum atomic E-state index is 0.395. The van der Waals surface area contributed by atoms with Gasteiger partial charge < -0.3 is 14.5 Å². The van der Waals surface area contributed by atoms with Crippen LogP contribution < -0.4 is 9.64 Å². The molecule has 4 rings (SSSR count). The van der Waals surface area contributed by atoms with Crippen molar-refractivity contribution in [3.05, 3.63) is 30.0 Å². The number of hydrogen-bond donors (Lipinski definition) is 0. The monoisotopic (exact) mass is 369 g/mol.